The van der Waals surface area contributed by atoms with Gasteiger partial charge in [-0.25, -0.2) is 13.1 Å². The maximum atomic E-state index is 12.3. The van der Waals surface area contributed by atoms with Crippen molar-refractivity contribution in [3.05, 3.63) is 27.7 Å². The summed E-state index contributed by atoms with van der Waals surface area (Å²) in [6.45, 7) is 2.88. The fraction of sp³-hybridized carbons (Fsp3) is 0.538. The summed E-state index contributed by atoms with van der Waals surface area (Å²) in [5.41, 5.74) is 1.30. The van der Waals surface area contributed by atoms with Crippen LogP contribution in [0.3, 0.4) is 0 Å². The molecule has 0 saturated carbocycles. The quantitative estimate of drug-likeness (QED) is 0.627. The Labute approximate surface area is 133 Å². The van der Waals surface area contributed by atoms with Gasteiger partial charge in [-0.1, -0.05) is 6.07 Å². The van der Waals surface area contributed by atoms with Gasteiger partial charge < -0.3 is 14.6 Å². The zero-order chi connectivity index (χ0) is 15.9. The van der Waals surface area contributed by atoms with Crippen molar-refractivity contribution in [3.8, 4) is 0 Å². The molecular weight excluding hydrogens is 362 g/mol. The van der Waals surface area contributed by atoms with Gasteiger partial charge in [-0.3, -0.25) is 0 Å². The van der Waals surface area contributed by atoms with Crippen LogP contribution in [0.15, 0.2) is 21.5 Å². The minimum atomic E-state index is -3.66. The molecule has 1 aromatic carbocycles. The number of halogens is 1. The van der Waals surface area contributed by atoms with Gasteiger partial charge in [-0.15, -0.1) is 0 Å². The maximum absolute atomic E-state index is 12.3. The van der Waals surface area contributed by atoms with E-state index in [0.29, 0.717) is 23.2 Å². The van der Waals surface area contributed by atoms with E-state index in [4.69, 9.17) is 9.47 Å². The third-order valence-corrected chi connectivity index (χ3v) is 5.52. The predicted octanol–water partition coefficient (Wildman–Crippen LogP) is 1.19. The van der Waals surface area contributed by atoms with Crippen LogP contribution in [0, 0.1) is 6.92 Å². The van der Waals surface area contributed by atoms with Crippen LogP contribution in [0.1, 0.15) is 11.1 Å². The van der Waals surface area contributed by atoms with Crippen LogP contribution in [-0.4, -0.2) is 47.0 Å². The van der Waals surface area contributed by atoms with Crippen molar-refractivity contribution in [1.29, 1.82) is 0 Å². The second kappa shape index (κ2) is 8.82. The predicted molar refractivity (Wildman–Crippen MR) is 82.7 cm³/mol. The molecule has 21 heavy (non-hydrogen) atoms. The number of hydrogen-bond donors (Lipinski definition) is 2. The minimum Gasteiger partial charge on any atom is -0.392 e. The Hall–Kier alpha value is -0.510. The standard InChI is InChI=1S/C13H20BrNO5S/c1-10-7-11(9-16)8-12(13(10)14)21(17,18)15-3-4-20-6-5-19-2/h7-8,15-16H,3-6,9H2,1-2H3. The Balaban J connectivity index is 2.72. The molecule has 0 aliphatic heterocycles. The number of aliphatic hydroxyl groups is 1. The van der Waals surface area contributed by atoms with Gasteiger partial charge in [0.1, 0.15) is 0 Å². The van der Waals surface area contributed by atoms with Crippen LogP contribution in [0.4, 0.5) is 0 Å². The van der Waals surface area contributed by atoms with E-state index in [1.54, 1.807) is 20.1 Å². The second-order valence-corrected chi connectivity index (χ2v) is 6.91. The van der Waals surface area contributed by atoms with Gasteiger partial charge >= 0.3 is 0 Å². The van der Waals surface area contributed by atoms with Crippen molar-refractivity contribution in [1.82, 2.24) is 4.72 Å². The van der Waals surface area contributed by atoms with Gasteiger partial charge in [0.05, 0.1) is 31.3 Å². The number of aliphatic hydroxyl groups excluding tert-OH is 1. The van der Waals surface area contributed by atoms with Gasteiger partial charge in [-0.2, -0.15) is 0 Å². The van der Waals surface area contributed by atoms with E-state index in [-0.39, 0.29) is 24.7 Å². The number of methoxy groups -OCH3 is 1. The fourth-order valence-electron chi connectivity index (χ4n) is 1.67. The molecule has 0 heterocycles. The van der Waals surface area contributed by atoms with Crippen molar-refractivity contribution in [2.75, 3.05) is 33.5 Å². The molecule has 0 amide bonds. The number of benzene rings is 1. The van der Waals surface area contributed by atoms with E-state index in [9.17, 15) is 13.5 Å². The fourth-order valence-corrected chi connectivity index (χ4v) is 3.75. The Kier molecular flexibility index (Phi) is 7.78. The highest BCUT2D eigenvalue weighted by Crippen LogP contribution is 2.27. The lowest BCUT2D eigenvalue weighted by atomic mass is 10.1. The summed E-state index contributed by atoms with van der Waals surface area (Å²) in [6, 6.07) is 3.18. The summed E-state index contributed by atoms with van der Waals surface area (Å²) in [6.07, 6.45) is 0. The van der Waals surface area contributed by atoms with Gasteiger partial charge in [0.15, 0.2) is 0 Å². The Morgan fingerprint density at radius 2 is 2.00 bits per heavy atom. The molecular formula is C13H20BrNO5S. The number of hydrogen-bond acceptors (Lipinski definition) is 5. The first-order valence-electron chi connectivity index (χ1n) is 6.38. The van der Waals surface area contributed by atoms with E-state index in [1.165, 1.54) is 6.07 Å². The zero-order valence-corrected chi connectivity index (χ0v) is 14.5. The van der Waals surface area contributed by atoms with Gasteiger partial charge in [0.2, 0.25) is 10.0 Å². The molecule has 0 unspecified atom stereocenters. The summed E-state index contributed by atoms with van der Waals surface area (Å²) in [5, 5.41) is 9.18. The smallest absolute Gasteiger partial charge is 0.241 e. The lowest BCUT2D eigenvalue weighted by molar-refractivity contribution is 0.0736. The molecule has 1 aromatic rings. The van der Waals surface area contributed by atoms with Crippen molar-refractivity contribution in [3.63, 3.8) is 0 Å². The molecule has 0 aromatic heterocycles. The molecule has 0 aliphatic rings. The number of sulfonamides is 1. The molecule has 0 aliphatic carbocycles. The molecule has 8 heteroatoms. The monoisotopic (exact) mass is 381 g/mol. The third kappa shape index (κ3) is 5.65. The largest absolute Gasteiger partial charge is 0.392 e. The second-order valence-electron chi connectivity index (χ2n) is 4.39. The molecule has 0 spiro atoms. The number of aryl methyl sites for hydroxylation is 1. The summed E-state index contributed by atoms with van der Waals surface area (Å²) < 4.78 is 37.5. The molecule has 0 radical (unpaired) electrons. The number of ether oxygens (including phenoxy) is 2. The Bertz CT molecular complexity index is 562. The normalized spacial score (nSPS) is 11.8. The first kappa shape index (κ1) is 18.5. The van der Waals surface area contributed by atoms with Crippen molar-refractivity contribution in [2.45, 2.75) is 18.4 Å². The topological polar surface area (TPSA) is 84.9 Å². The van der Waals surface area contributed by atoms with Gasteiger partial charge in [0.25, 0.3) is 0 Å². The summed E-state index contributed by atoms with van der Waals surface area (Å²) in [7, 11) is -2.09. The lowest BCUT2D eigenvalue weighted by Crippen LogP contribution is -2.28. The maximum Gasteiger partial charge on any atom is 0.241 e. The highest BCUT2D eigenvalue weighted by atomic mass is 79.9. The van der Waals surface area contributed by atoms with Gasteiger partial charge in [0, 0.05) is 18.1 Å². The molecule has 0 atom stereocenters. The average Bonchev–Trinajstić information content (AvgIpc) is 2.45. The lowest BCUT2D eigenvalue weighted by Gasteiger charge is -2.12. The van der Waals surface area contributed by atoms with Crippen LogP contribution in [0.2, 0.25) is 0 Å². The van der Waals surface area contributed by atoms with E-state index in [1.807, 2.05) is 0 Å². The van der Waals surface area contributed by atoms with Crippen LogP contribution in [0.5, 0.6) is 0 Å². The van der Waals surface area contributed by atoms with E-state index < -0.39 is 10.0 Å². The molecule has 2 N–H and O–H groups in total. The third-order valence-electron chi connectivity index (χ3n) is 2.72. The highest BCUT2D eigenvalue weighted by Gasteiger charge is 2.19. The highest BCUT2D eigenvalue weighted by molar-refractivity contribution is 9.10. The molecule has 0 saturated heterocycles. The van der Waals surface area contributed by atoms with Crippen molar-refractivity contribution in [2.24, 2.45) is 0 Å². The first-order chi connectivity index (χ1) is 9.92. The number of rotatable bonds is 9. The summed E-state index contributed by atoms with van der Waals surface area (Å²) in [4.78, 5) is 0.114. The summed E-state index contributed by atoms with van der Waals surface area (Å²) >= 11 is 3.27. The molecule has 0 bridgehead atoms. The number of nitrogens with one attached hydrogen (secondary N) is 1. The SMILES string of the molecule is COCCOCCNS(=O)(=O)c1cc(CO)cc(C)c1Br. The summed E-state index contributed by atoms with van der Waals surface area (Å²) in [5.74, 6) is 0. The van der Waals surface area contributed by atoms with Crippen molar-refractivity contribution >= 4 is 26.0 Å². The minimum absolute atomic E-state index is 0.114. The van der Waals surface area contributed by atoms with E-state index in [0.717, 1.165) is 5.56 Å². The van der Waals surface area contributed by atoms with Crippen molar-refractivity contribution < 1.29 is 23.0 Å². The van der Waals surface area contributed by atoms with Crippen LogP contribution >= 0.6 is 15.9 Å². The van der Waals surface area contributed by atoms with Gasteiger partial charge in [-0.05, 0) is 40.0 Å². The van der Waals surface area contributed by atoms with E-state index >= 15 is 0 Å². The molecule has 1 rings (SSSR count). The van der Waals surface area contributed by atoms with Crippen LogP contribution < -0.4 is 4.72 Å². The average molecular weight is 382 g/mol. The molecule has 120 valence electrons. The zero-order valence-electron chi connectivity index (χ0n) is 12.1. The first-order valence-corrected chi connectivity index (χ1v) is 8.66. The Morgan fingerprint density at radius 3 is 2.62 bits per heavy atom. The van der Waals surface area contributed by atoms with E-state index in [2.05, 4.69) is 20.7 Å². The van der Waals surface area contributed by atoms with Crippen LogP contribution in [0.25, 0.3) is 0 Å². The molecule has 0 fully saturated rings. The Morgan fingerprint density at radius 1 is 1.29 bits per heavy atom. The van der Waals surface area contributed by atoms with Crippen LogP contribution in [-0.2, 0) is 26.1 Å². The molecule has 6 nitrogen and oxygen atoms in total.